The Morgan fingerprint density at radius 1 is 0.828 bits per heavy atom. The highest BCUT2D eigenvalue weighted by molar-refractivity contribution is 5.94. The number of hydrogen-bond donors (Lipinski definition) is 0. The first-order valence-corrected chi connectivity index (χ1v) is 12.0. The lowest BCUT2D eigenvalue weighted by Crippen LogP contribution is -2.50. The lowest BCUT2D eigenvalue weighted by Gasteiger charge is -2.43. The zero-order valence-corrected chi connectivity index (χ0v) is 18.1. The Morgan fingerprint density at radius 3 is 2.21 bits per heavy atom. The summed E-state index contributed by atoms with van der Waals surface area (Å²) in [5.74, 6) is 0.170. The summed E-state index contributed by atoms with van der Waals surface area (Å²) in [6.07, 6.45) is 12.4. The Bertz CT molecular complexity index is 724. The van der Waals surface area contributed by atoms with Gasteiger partial charge in [0, 0.05) is 43.5 Å². The molecule has 4 heterocycles. The first kappa shape index (κ1) is 19.6. The second kappa shape index (κ2) is 8.38. The molecular weight excluding hydrogens is 362 g/mol. The number of carbonyl (C=O) groups is 1. The number of aryl methyl sites for hydroxylation is 1. The van der Waals surface area contributed by atoms with E-state index in [9.17, 15) is 4.79 Å². The fraction of sp³-hybridized carbons (Fsp3) is 0.826. The van der Waals surface area contributed by atoms with Gasteiger partial charge in [0.2, 0.25) is 0 Å². The van der Waals surface area contributed by atoms with E-state index in [2.05, 4.69) is 14.9 Å². The Balaban J connectivity index is 1.24. The van der Waals surface area contributed by atoms with Crippen molar-refractivity contribution in [1.82, 2.24) is 24.5 Å². The van der Waals surface area contributed by atoms with Crippen LogP contribution in [0.5, 0.6) is 0 Å². The topological polar surface area (TPSA) is 44.6 Å². The molecule has 0 aromatic carbocycles. The summed E-state index contributed by atoms with van der Waals surface area (Å²) in [5.41, 5.74) is 3.29. The van der Waals surface area contributed by atoms with E-state index in [1.165, 1.54) is 76.0 Å². The Hall–Kier alpha value is -1.40. The Labute approximate surface area is 175 Å². The normalized spacial score (nSPS) is 27.3. The molecule has 1 aromatic rings. The van der Waals surface area contributed by atoms with Gasteiger partial charge >= 0.3 is 0 Å². The van der Waals surface area contributed by atoms with E-state index in [1.54, 1.807) is 0 Å². The van der Waals surface area contributed by atoms with Gasteiger partial charge in [-0.2, -0.15) is 5.10 Å². The lowest BCUT2D eigenvalue weighted by molar-refractivity contribution is 0.0678. The minimum Gasteiger partial charge on any atom is -0.337 e. The number of amides is 1. The molecule has 1 aromatic heterocycles. The van der Waals surface area contributed by atoms with Crippen molar-refractivity contribution in [3.63, 3.8) is 0 Å². The van der Waals surface area contributed by atoms with Gasteiger partial charge in [-0.05, 0) is 84.0 Å². The zero-order valence-electron chi connectivity index (χ0n) is 18.1. The van der Waals surface area contributed by atoms with Crippen LogP contribution in [0.4, 0.5) is 0 Å². The molecular formula is C23H37N5O. The average molecular weight is 400 g/mol. The molecule has 3 aliphatic heterocycles. The van der Waals surface area contributed by atoms with E-state index in [-0.39, 0.29) is 5.91 Å². The summed E-state index contributed by atoms with van der Waals surface area (Å²) in [6, 6.07) is 1.38. The molecule has 1 aliphatic carbocycles. The average Bonchev–Trinajstić information content (AvgIpc) is 3.42. The van der Waals surface area contributed by atoms with Crippen molar-refractivity contribution in [2.24, 2.45) is 7.05 Å². The van der Waals surface area contributed by atoms with Crippen molar-refractivity contribution in [1.29, 1.82) is 0 Å². The first-order chi connectivity index (χ1) is 14.2. The summed E-state index contributed by atoms with van der Waals surface area (Å²) in [7, 11) is 2.02. The third-order valence-electron chi connectivity index (χ3n) is 7.95. The highest BCUT2D eigenvalue weighted by atomic mass is 16.2. The van der Waals surface area contributed by atoms with E-state index >= 15 is 0 Å². The molecule has 4 aliphatic rings. The predicted molar refractivity (Wildman–Crippen MR) is 114 cm³/mol. The van der Waals surface area contributed by atoms with Gasteiger partial charge in [-0.1, -0.05) is 6.42 Å². The van der Waals surface area contributed by atoms with E-state index in [1.807, 2.05) is 16.6 Å². The maximum atomic E-state index is 13.1. The molecule has 160 valence electrons. The molecule has 0 N–H and O–H groups in total. The van der Waals surface area contributed by atoms with Crippen molar-refractivity contribution < 1.29 is 4.79 Å². The van der Waals surface area contributed by atoms with E-state index in [0.717, 1.165) is 50.5 Å². The van der Waals surface area contributed by atoms with E-state index < -0.39 is 0 Å². The molecule has 0 radical (unpaired) electrons. The minimum absolute atomic E-state index is 0.170. The second-order valence-electron chi connectivity index (χ2n) is 9.66. The molecule has 1 unspecified atom stereocenters. The van der Waals surface area contributed by atoms with Crippen molar-refractivity contribution in [3.8, 4) is 0 Å². The van der Waals surface area contributed by atoms with Gasteiger partial charge in [0.05, 0.1) is 0 Å². The second-order valence-corrected chi connectivity index (χ2v) is 9.66. The van der Waals surface area contributed by atoms with Crippen LogP contribution in [0.2, 0.25) is 0 Å². The highest BCUT2D eigenvalue weighted by Crippen LogP contribution is 2.31. The summed E-state index contributed by atoms with van der Waals surface area (Å²) in [5, 5.41) is 4.69. The van der Waals surface area contributed by atoms with Gasteiger partial charge in [-0.3, -0.25) is 14.4 Å². The number of hydrogen-bond acceptors (Lipinski definition) is 4. The summed E-state index contributed by atoms with van der Waals surface area (Å²) in [4.78, 5) is 20.6. The van der Waals surface area contributed by atoms with Crippen LogP contribution < -0.4 is 0 Å². The van der Waals surface area contributed by atoms with Gasteiger partial charge in [0.25, 0.3) is 5.91 Å². The fourth-order valence-corrected chi connectivity index (χ4v) is 6.22. The molecule has 1 amide bonds. The standard InChI is InChI=1S/C23H37N5O/c1-25-21-8-7-19(17-20(21)22(24-25)23(29)28-13-5-6-14-28)27-15-9-18(10-16-27)26-11-3-2-4-12-26/h18-19H,2-17H2,1H3. The molecule has 0 saturated carbocycles. The largest absolute Gasteiger partial charge is 0.337 e. The van der Waals surface area contributed by atoms with Crippen LogP contribution in [0.25, 0.3) is 0 Å². The number of aromatic nitrogens is 2. The monoisotopic (exact) mass is 399 g/mol. The van der Waals surface area contributed by atoms with E-state index in [0.29, 0.717) is 6.04 Å². The van der Waals surface area contributed by atoms with Crippen LogP contribution in [0.15, 0.2) is 0 Å². The molecule has 5 rings (SSSR count). The maximum Gasteiger partial charge on any atom is 0.274 e. The maximum absolute atomic E-state index is 13.1. The van der Waals surface area contributed by atoms with Gasteiger partial charge in [0.1, 0.15) is 0 Å². The van der Waals surface area contributed by atoms with E-state index in [4.69, 9.17) is 0 Å². The van der Waals surface area contributed by atoms with Gasteiger partial charge in [0.15, 0.2) is 5.69 Å². The number of piperidine rings is 2. The van der Waals surface area contributed by atoms with Crippen LogP contribution in [0.1, 0.15) is 73.1 Å². The number of likely N-dealkylation sites (tertiary alicyclic amines) is 3. The Morgan fingerprint density at radius 2 is 1.48 bits per heavy atom. The van der Waals surface area contributed by atoms with Crippen molar-refractivity contribution in [2.45, 2.75) is 76.3 Å². The number of nitrogens with zero attached hydrogens (tertiary/aromatic N) is 5. The summed E-state index contributed by atoms with van der Waals surface area (Å²) >= 11 is 0. The first-order valence-electron chi connectivity index (χ1n) is 12.0. The van der Waals surface area contributed by atoms with Gasteiger partial charge in [-0.15, -0.1) is 0 Å². The predicted octanol–water partition coefficient (Wildman–Crippen LogP) is 2.46. The van der Waals surface area contributed by atoms with Gasteiger partial charge in [-0.25, -0.2) is 0 Å². The van der Waals surface area contributed by atoms with Crippen molar-refractivity contribution >= 4 is 5.91 Å². The molecule has 1 atom stereocenters. The number of fused-ring (bicyclic) bond motifs is 1. The van der Waals surface area contributed by atoms with Crippen LogP contribution in [-0.4, -0.2) is 81.7 Å². The molecule has 0 bridgehead atoms. The third-order valence-corrected chi connectivity index (χ3v) is 7.95. The number of carbonyl (C=O) groups excluding carboxylic acids is 1. The Kier molecular flexibility index (Phi) is 5.65. The summed E-state index contributed by atoms with van der Waals surface area (Å²) < 4.78 is 1.98. The number of rotatable bonds is 3. The lowest BCUT2D eigenvalue weighted by atomic mass is 9.88. The van der Waals surface area contributed by atoms with Crippen LogP contribution in [0.3, 0.4) is 0 Å². The fourth-order valence-electron chi connectivity index (χ4n) is 6.22. The van der Waals surface area contributed by atoms with Crippen molar-refractivity contribution in [3.05, 3.63) is 17.0 Å². The van der Waals surface area contributed by atoms with Gasteiger partial charge < -0.3 is 9.80 Å². The smallest absolute Gasteiger partial charge is 0.274 e. The molecule has 6 heteroatoms. The molecule has 3 fully saturated rings. The minimum atomic E-state index is 0.170. The zero-order chi connectivity index (χ0) is 19.8. The highest BCUT2D eigenvalue weighted by Gasteiger charge is 2.35. The van der Waals surface area contributed by atoms with Crippen LogP contribution in [0, 0.1) is 0 Å². The van der Waals surface area contributed by atoms with Crippen LogP contribution in [-0.2, 0) is 19.9 Å². The SMILES string of the molecule is Cn1nc(C(=O)N2CCCC2)c2c1CCC(N1CCC(N3CCCCC3)CC1)C2. The molecule has 0 spiro atoms. The molecule has 6 nitrogen and oxygen atoms in total. The molecule has 29 heavy (non-hydrogen) atoms. The molecule has 3 saturated heterocycles. The quantitative estimate of drug-likeness (QED) is 0.783. The third kappa shape index (κ3) is 3.86. The van der Waals surface area contributed by atoms with Crippen LogP contribution >= 0.6 is 0 Å². The van der Waals surface area contributed by atoms with Crippen molar-refractivity contribution in [2.75, 3.05) is 39.3 Å². The summed E-state index contributed by atoms with van der Waals surface area (Å²) in [6.45, 7) is 6.87.